The molecule has 1 heterocycles. The Morgan fingerprint density at radius 3 is 2.94 bits per heavy atom. The molecule has 0 unspecified atom stereocenters. The van der Waals surface area contributed by atoms with Gasteiger partial charge in [-0.15, -0.1) is 11.3 Å². The first-order valence-corrected chi connectivity index (χ1v) is 6.62. The highest BCUT2D eigenvalue weighted by Gasteiger charge is 2.16. The average Bonchev–Trinajstić information content (AvgIpc) is 2.82. The van der Waals surface area contributed by atoms with Gasteiger partial charge in [0.05, 0.1) is 19.6 Å². The monoisotopic (exact) mass is 267 g/mol. The van der Waals surface area contributed by atoms with Gasteiger partial charge >= 0.3 is 5.97 Å². The van der Waals surface area contributed by atoms with Crippen molar-refractivity contribution in [3.05, 3.63) is 11.1 Å². The Bertz CT molecular complexity index is 437. The highest BCUT2D eigenvalue weighted by molar-refractivity contribution is 7.13. The molecule has 0 radical (unpaired) electrons. The maximum atomic E-state index is 11.3. The van der Waals surface area contributed by atoms with Crippen LogP contribution in [0.15, 0.2) is 5.38 Å². The molecule has 0 aliphatic rings. The molecule has 0 amide bonds. The van der Waals surface area contributed by atoms with E-state index in [0.717, 1.165) is 11.7 Å². The van der Waals surface area contributed by atoms with Crippen LogP contribution in [0.2, 0.25) is 0 Å². The number of rotatable bonds is 6. The number of nitrogens with zero attached hydrogens (tertiary/aromatic N) is 3. The van der Waals surface area contributed by atoms with E-state index in [1.165, 1.54) is 18.4 Å². The summed E-state index contributed by atoms with van der Waals surface area (Å²) < 4.78 is 4.63. The van der Waals surface area contributed by atoms with Crippen LogP contribution in [0.5, 0.6) is 0 Å². The van der Waals surface area contributed by atoms with E-state index in [0.29, 0.717) is 24.6 Å². The summed E-state index contributed by atoms with van der Waals surface area (Å²) in [5.41, 5.74) is 0.322. The van der Waals surface area contributed by atoms with Crippen molar-refractivity contribution < 1.29 is 9.53 Å². The lowest BCUT2D eigenvalue weighted by Gasteiger charge is -2.22. The summed E-state index contributed by atoms with van der Waals surface area (Å²) in [6, 6.07) is 2.13. The molecule has 0 spiro atoms. The average molecular weight is 267 g/mol. The number of aromatic nitrogens is 1. The lowest BCUT2D eigenvalue weighted by atomic mass is 10.2. The standard InChI is InChI=1S/C12H17N3O2S/c1-9(2)7-15(6-4-5-13)12-14-10(8-18-12)11(16)17-3/h8-9H,4,6-7H2,1-3H3. The third kappa shape index (κ3) is 4.00. The van der Waals surface area contributed by atoms with Gasteiger partial charge in [-0.2, -0.15) is 5.26 Å². The van der Waals surface area contributed by atoms with Crippen molar-refractivity contribution >= 4 is 22.4 Å². The fraction of sp³-hybridized carbons (Fsp3) is 0.583. The van der Waals surface area contributed by atoms with E-state index >= 15 is 0 Å². The first-order valence-electron chi connectivity index (χ1n) is 5.74. The fourth-order valence-corrected chi connectivity index (χ4v) is 2.33. The van der Waals surface area contributed by atoms with Gasteiger partial charge in [-0.05, 0) is 5.92 Å². The van der Waals surface area contributed by atoms with Crippen molar-refractivity contribution in [1.29, 1.82) is 5.26 Å². The topological polar surface area (TPSA) is 66.2 Å². The van der Waals surface area contributed by atoms with Crippen LogP contribution in [0, 0.1) is 17.2 Å². The summed E-state index contributed by atoms with van der Waals surface area (Å²) in [5.74, 6) is 0.0384. The predicted octanol–water partition coefficient (Wildman–Crippen LogP) is 2.31. The molecule has 0 N–H and O–H groups in total. The smallest absolute Gasteiger partial charge is 0.357 e. The largest absolute Gasteiger partial charge is 0.464 e. The Kier molecular flexibility index (Phi) is 5.59. The van der Waals surface area contributed by atoms with E-state index < -0.39 is 5.97 Å². The third-order valence-corrected chi connectivity index (χ3v) is 3.14. The van der Waals surface area contributed by atoms with Crippen LogP contribution in [0.25, 0.3) is 0 Å². The van der Waals surface area contributed by atoms with E-state index in [2.05, 4.69) is 29.6 Å². The van der Waals surface area contributed by atoms with Gasteiger partial charge in [-0.3, -0.25) is 0 Å². The number of carbonyl (C=O) groups is 1. The summed E-state index contributed by atoms with van der Waals surface area (Å²) in [5, 5.41) is 11.1. The number of carbonyl (C=O) groups excluding carboxylic acids is 1. The SMILES string of the molecule is COC(=O)c1csc(N(CCC#N)CC(C)C)n1. The van der Waals surface area contributed by atoms with Crippen molar-refractivity contribution in [3.8, 4) is 6.07 Å². The van der Waals surface area contributed by atoms with Crippen molar-refractivity contribution in [2.75, 3.05) is 25.1 Å². The number of methoxy groups -OCH3 is 1. The summed E-state index contributed by atoms with van der Waals surface area (Å²) >= 11 is 1.40. The van der Waals surface area contributed by atoms with Crippen molar-refractivity contribution in [2.45, 2.75) is 20.3 Å². The molecule has 0 saturated carbocycles. The predicted molar refractivity (Wildman–Crippen MR) is 70.7 cm³/mol. The summed E-state index contributed by atoms with van der Waals surface area (Å²) in [4.78, 5) is 17.6. The molecule has 0 aliphatic carbocycles. The van der Waals surface area contributed by atoms with Gasteiger partial charge in [0.25, 0.3) is 0 Å². The highest BCUT2D eigenvalue weighted by Crippen LogP contribution is 2.22. The molecule has 0 aromatic carbocycles. The Morgan fingerprint density at radius 2 is 2.39 bits per heavy atom. The normalized spacial score (nSPS) is 10.2. The molecule has 0 fully saturated rings. The maximum absolute atomic E-state index is 11.3. The van der Waals surface area contributed by atoms with E-state index in [4.69, 9.17) is 5.26 Å². The van der Waals surface area contributed by atoms with Gasteiger partial charge in [0.15, 0.2) is 10.8 Å². The second kappa shape index (κ2) is 6.97. The van der Waals surface area contributed by atoms with E-state index in [1.54, 1.807) is 5.38 Å². The molecule has 0 saturated heterocycles. The zero-order valence-corrected chi connectivity index (χ0v) is 11.7. The number of anilines is 1. The molecule has 1 aromatic rings. The Morgan fingerprint density at radius 1 is 1.67 bits per heavy atom. The minimum atomic E-state index is -0.428. The number of hydrogen-bond donors (Lipinski definition) is 0. The van der Waals surface area contributed by atoms with Crippen molar-refractivity contribution in [1.82, 2.24) is 4.98 Å². The molecule has 0 bridgehead atoms. The van der Waals surface area contributed by atoms with Crippen LogP contribution in [0.3, 0.4) is 0 Å². The van der Waals surface area contributed by atoms with Crippen LogP contribution >= 0.6 is 11.3 Å². The van der Waals surface area contributed by atoms with Gasteiger partial charge in [-0.1, -0.05) is 13.8 Å². The zero-order chi connectivity index (χ0) is 13.5. The van der Waals surface area contributed by atoms with Crippen LogP contribution in [0.1, 0.15) is 30.8 Å². The van der Waals surface area contributed by atoms with Crippen LogP contribution in [-0.2, 0) is 4.74 Å². The van der Waals surface area contributed by atoms with E-state index in [1.807, 2.05) is 4.90 Å². The quantitative estimate of drug-likeness (QED) is 0.740. The summed E-state index contributed by atoms with van der Waals surface area (Å²) in [7, 11) is 1.34. The van der Waals surface area contributed by atoms with Crippen LogP contribution < -0.4 is 4.90 Å². The number of thiazole rings is 1. The fourth-order valence-electron chi connectivity index (χ4n) is 1.50. The van der Waals surface area contributed by atoms with Crippen molar-refractivity contribution in [3.63, 3.8) is 0 Å². The molecule has 1 aromatic heterocycles. The highest BCUT2D eigenvalue weighted by atomic mass is 32.1. The zero-order valence-electron chi connectivity index (χ0n) is 10.8. The van der Waals surface area contributed by atoms with E-state index in [-0.39, 0.29) is 0 Å². The molecule has 6 heteroatoms. The molecular weight excluding hydrogens is 250 g/mol. The van der Waals surface area contributed by atoms with Gasteiger partial charge in [0.2, 0.25) is 0 Å². The van der Waals surface area contributed by atoms with E-state index in [9.17, 15) is 4.79 Å². The minimum Gasteiger partial charge on any atom is -0.464 e. The summed E-state index contributed by atoms with van der Waals surface area (Å²) in [6.45, 7) is 5.65. The number of hydrogen-bond acceptors (Lipinski definition) is 6. The number of esters is 1. The molecule has 0 aliphatic heterocycles. The number of ether oxygens (including phenoxy) is 1. The third-order valence-electron chi connectivity index (χ3n) is 2.24. The number of nitriles is 1. The van der Waals surface area contributed by atoms with Crippen molar-refractivity contribution in [2.24, 2.45) is 5.92 Å². The Hall–Kier alpha value is -1.61. The molecular formula is C12H17N3O2S. The van der Waals surface area contributed by atoms with Crippen LogP contribution in [-0.4, -0.2) is 31.2 Å². The van der Waals surface area contributed by atoms with Gasteiger partial charge < -0.3 is 9.64 Å². The molecule has 0 atom stereocenters. The first-order chi connectivity index (χ1) is 8.58. The first kappa shape index (κ1) is 14.5. The minimum absolute atomic E-state index is 0.322. The van der Waals surface area contributed by atoms with Gasteiger partial charge in [-0.25, -0.2) is 9.78 Å². The lowest BCUT2D eigenvalue weighted by Crippen LogP contribution is -2.28. The molecule has 18 heavy (non-hydrogen) atoms. The second-order valence-electron chi connectivity index (χ2n) is 4.25. The Labute approximate surface area is 111 Å². The molecule has 1 rings (SSSR count). The van der Waals surface area contributed by atoms with Gasteiger partial charge in [0, 0.05) is 18.5 Å². The molecule has 5 nitrogen and oxygen atoms in total. The molecule has 98 valence electrons. The van der Waals surface area contributed by atoms with Gasteiger partial charge in [0.1, 0.15) is 0 Å². The second-order valence-corrected chi connectivity index (χ2v) is 5.09. The summed E-state index contributed by atoms with van der Waals surface area (Å²) in [6.07, 6.45) is 0.444. The lowest BCUT2D eigenvalue weighted by molar-refractivity contribution is 0.0595. The Balaban J connectivity index is 2.81. The van der Waals surface area contributed by atoms with Crippen LogP contribution in [0.4, 0.5) is 5.13 Å². The maximum Gasteiger partial charge on any atom is 0.357 e.